The number of Topliss-reactive ketones (excluding diaryl/α,β-unsaturated/α-hetero) is 1. The highest BCUT2D eigenvalue weighted by molar-refractivity contribution is 5.94. The van der Waals surface area contributed by atoms with Gasteiger partial charge in [-0.05, 0) is 44.7 Å². The topological polar surface area (TPSA) is 52.6 Å². The third-order valence-electron chi connectivity index (χ3n) is 3.45. The second kappa shape index (κ2) is 7.08. The van der Waals surface area contributed by atoms with Gasteiger partial charge in [-0.3, -0.25) is 4.79 Å². The minimum Gasteiger partial charge on any atom is -0.482 e. The molecule has 1 aliphatic carbocycles. The Balaban J connectivity index is 1.80. The molecule has 1 saturated carbocycles. The maximum Gasteiger partial charge on any atom is 0.344 e. The normalized spacial score (nSPS) is 15.7. The molecule has 1 fully saturated rings. The lowest BCUT2D eigenvalue weighted by Crippen LogP contribution is -2.24. The maximum absolute atomic E-state index is 11.7. The lowest BCUT2D eigenvalue weighted by atomic mass is 9.98. The molecule has 108 valence electrons. The molecule has 0 heterocycles. The molecule has 4 heteroatoms. The summed E-state index contributed by atoms with van der Waals surface area (Å²) in [5.41, 5.74) is 0.572. The average molecular weight is 276 g/mol. The van der Waals surface area contributed by atoms with Gasteiger partial charge in [-0.25, -0.2) is 4.79 Å². The highest BCUT2D eigenvalue weighted by Gasteiger charge is 2.17. The smallest absolute Gasteiger partial charge is 0.344 e. The van der Waals surface area contributed by atoms with Crippen LogP contribution in [0.1, 0.15) is 49.4 Å². The van der Waals surface area contributed by atoms with Gasteiger partial charge in [0.15, 0.2) is 12.4 Å². The lowest BCUT2D eigenvalue weighted by Gasteiger charge is -2.21. The van der Waals surface area contributed by atoms with Crippen molar-refractivity contribution in [2.24, 2.45) is 0 Å². The Hall–Kier alpha value is -1.84. The molecule has 0 amide bonds. The van der Waals surface area contributed by atoms with Gasteiger partial charge in [0, 0.05) is 5.56 Å². The number of rotatable bonds is 5. The standard InChI is InChI=1S/C16H20O4/c1-12(17)13-6-5-9-15(10-13)19-11-16(18)20-14-7-3-2-4-8-14/h5-6,9-10,14H,2-4,7-8,11H2,1H3. The molecule has 0 radical (unpaired) electrons. The SMILES string of the molecule is CC(=O)c1cccc(OCC(=O)OC2CCCCC2)c1. The summed E-state index contributed by atoms with van der Waals surface area (Å²) in [4.78, 5) is 22.9. The molecule has 20 heavy (non-hydrogen) atoms. The number of ether oxygens (including phenoxy) is 2. The number of hydrogen-bond donors (Lipinski definition) is 0. The number of carbonyl (C=O) groups is 2. The van der Waals surface area contributed by atoms with Crippen molar-refractivity contribution in [3.8, 4) is 5.75 Å². The van der Waals surface area contributed by atoms with E-state index in [0.717, 1.165) is 25.7 Å². The molecule has 0 atom stereocenters. The second-order valence-electron chi connectivity index (χ2n) is 5.12. The van der Waals surface area contributed by atoms with Crippen LogP contribution < -0.4 is 4.74 Å². The third-order valence-corrected chi connectivity index (χ3v) is 3.45. The van der Waals surface area contributed by atoms with Crippen LogP contribution >= 0.6 is 0 Å². The van der Waals surface area contributed by atoms with Gasteiger partial charge in [-0.15, -0.1) is 0 Å². The summed E-state index contributed by atoms with van der Waals surface area (Å²) >= 11 is 0. The van der Waals surface area contributed by atoms with Crippen molar-refractivity contribution in [3.63, 3.8) is 0 Å². The number of benzene rings is 1. The molecule has 0 aliphatic heterocycles. The fourth-order valence-electron chi connectivity index (χ4n) is 2.35. The summed E-state index contributed by atoms with van der Waals surface area (Å²) < 4.78 is 10.7. The van der Waals surface area contributed by atoms with E-state index in [4.69, 9.17) is 9.47 Å². The molecule has 0 saturated heterocycles. The summed E-state index contributed by atoms with van der Waals surface area (Å²) in [5, 5.41) is 0. The Morgan fingerprint density at radius 3 is 2.65 bits per heavy atom. The van der Waals surface area contributed by atoms with Crippen LogP contribution in [-0.4, -0.2) is 24.5 Å². The van der Waals surface area contributed by atoms with E-state index >= 15 is 0 Å². The van der Waals surface area contributed by atoms with Gasteiger partial charge in [0.1, 0.15) is 11.9 Å². The van der Waals surface area contributed by atoms with Crippen molar-refractivity contribution in [2.75, 3.05) is 6.61 Å². The summed E-state index contributed by atoms with van der Waals surface area (Å²) in [6, 6.07) is 6.81. The Bertz CT molecular complexity index is 475. The molecular weight excluding hydrogens is 256 g/mol. The molecule has 1 aromatic carbocycles. The molecule has 0 unspecified atom stereocenters. The first-order valence-corrected chi connectivity index (χ1v) is 7.08. The molecule has 1 aromatic rings. The maximum atomic E-state index is 11.7. The Morgan fingerprint density at radius 1 is 1.20 bits per heavy atom. The van der Waals surface area contributed by atoms with E-state index < -0.39 is 0 Å². The first kappa shape index (κ1) is 14.6. The van der Waals surface area contributed by atoms with Crippen molar-refractivity contribution < 1.29 is 19.1 Å². The van der Waals surface area contributed by atoms with Gasteiger partial charge in [0.2, 0.25) is 0 Å². The Labute approximate surface area is 119 Å². The summed E-state index contributed by atoms with van der Waals surface area (Å²) in [6.45, 7) is 1.38. The fraction of sp³-hybridized carbons (Fsp3) is 0.500. The van der Waals surface area contributed by atoms with Crippen molar-refractivity contribution in [1.29, 1.82) is 0 Å². The Morgan fingerprint density at radius 2 is 1.95 bits per heavy atom. The number of carbonyl (C=O) groups excluding carboxylic acids is 2. The largest absolute Gasteiger partial charge is 0.482 e. The van der Waals surface area contributed by atoms with Crippen LogP contribution in [0.3, 0.4) is 0 Å². The van der Waals surface area contributed by atoms with Crippen molar-refractivity contribution in [1.82, 2.24) is 0 Å². The first-order valence-electron chi connectivity index (χ1n) is 7.08. The molecule has 0 aromatic heterocycles. The zero-order chi connectivity index (χ0) is 14.4. The number of esters is 1. The fourth-order valence-corrected chi connectivity index (χ4v) is 2.35. The highest BCUT2D eigenvalue weighted by atomic mass is 16.6. The van der Waals surface area contributed by atoms with E-state index in [-0.39, 0.29) is 24.5 Å². The van der Waals surface area contributed by atoms with Gasteiger partial charge < -0.3 is 9.47 Å². The monoisotopic (exact) mass is 276 g/mol. The quantitative estimate of drug-likeness (QED) is 0.612. The molecule has 0 spiro atoms. The van der Waals surface area contributed by atoms with Gasteiger partial charge in [-0.1, -0.05) is 18.6 Å². The third kappa shape index (κ3) is 4.37. The zero-order valence-electron chi connectivity index (χ0n) is 11.8. The van der Waals surface area contributed by atoms with Crippen LogP contribution in [0.25, 0.3) is 0 Å². The summed E-state index contributed by atoms with van der Waals surface area (Å²) in [7, 11) is 0. The van der Waals surface area contributed by atoms with Crippen LogP contribution in [0.4, 0.5) is 0 Å². The zero-order valence-corrected chi connectivity index (χ0v) is 11.8. The van der Waals surface area contributed by atoms with E-state index in [9.17, 15) is 9.59 Å². The van der Waals surface area contributed by atoms with Gasteiger partial charge >= 0.3 is 5.97 Å². The van der Waals surface area contributed by atoms with Crippen molar-refractivity contribution >= 4 is 11.8 Å². The second-order valence-corrected chi connectivity index (χ2v) is 5.12. The molecular formula is C16H20O4. The Kier molecular flexibility index (Phi) is 5.16. The van der Waals surface area contributed by atoms with Gasteiger partial charge in [0.05, 0.1) is 0 Å². The molecule has 0 N–H and O–H groups in total. The summed E-state index contributed by atoms with van der Waals surface area (Å²) in [5.74, 6) is 0.142. The number of hydrogen-bond acceptors (Lipinski definition) is 4. The van der Waals surface area contributed by atoms with Crippen LogP contribution in [0.15, 0.2) is 24.3 Å². The van der Waals surface area contributed by atoms with E-state index in [0.29, 0.717) is 11.3 Å². The van der Waals surface area contributed by atoms with Gasteiger partial charge in [0.25, 0.3) is 0 Å². The molecule has 2 rings (SSSR count). The van der Waals surface area contributed by atoms with Crippen LogP contribution in [0.5, 0.6) is 5.75 Å². The van der Waals surface area contributed by atoms with Crippen LogP contribution in [0.2, 0.25) is 0 Å². The minimum absolute atomic E-state index is 0.0276. The van der Waals surface area contributed by atoms with Gasteiger partial charge in [-0.2, -0.15) is 0 Å². The predicted molar refractivity (Wildman–Crippen MR) is 74.9 cm³/mol. The highest BCUT2D eigenvalue weighted by Crippen LogP contribution is 2.20. The molecule has 0 bridgehead atoms. The molecule has 1 aliphatic rings. The van der Waals surface area contributed by atoms with E-state index in [1.807, 2.05) is 0 Å². The van der Waals surface area contributed by atoms with E-state index in [1.54, 1.807) is 24.3 Å². The van der Waals surface area contributed by atoms with Crippen molar-refractivity contribution in [2.45, 2.75) is 45.1 Å². The molecule has 4 nitrogen and oxygen atoms in total. The number of ketones is 1. The lowest BCUT2D eigenvalue weighted by molar-refractivity contribution is -0.152. The van der Waals surface area contributed by atoms with E-state index in [1.165, 1.54) is 13.3 Å². The van der Waals surface area contributed by atoms with Crippen molar-refractivity contribution in [3.05, 3.63) is 29.8 Å². The van der Waals surface area contributed by atoms with Crippen LogP contribution in [0, 0.1) is 0 Å². The van der Waals surface area contributed by atoms with E-state index in [2.05, 4.69) is 0 Å². The minimum atomic E-state index is -0.342. The predicted octanol–water partition coefficient (Wildman–Crippen LogP) is 3.14. The first-order chi connectivity index (χ1) is 9.65. The van der Waals surface area contributed by atoms with Crippen LogP contribution in [-0.2, 0) is 9.53 Å². The average Bonchev–Trinajstić information content (AvgIpc) is 2.46. The summed E-state index contributed by atoms with van der Waals surface area (Å²) in [6.07, 6.45) is 5.42.